The number of amides is 1. The van der Waals surface area contributed by atoms with E-state index in [1.54, 1.807) is 0 Å². The summed E-state index contributed by atoms with van der Waals surface area (Å²) in [5.74, 6) is -4.58. The first-order valence-corrected chi connectivity index (χ1v) is 6.69. The molecule has 0 spiro atoms. The average molecular weight is 298 g/mol. The molecule has 0 bridgehead atoms. The van der Waals surface area contributed by atoms with Gasteiger partial charge in [-0.2, -0.15) is 0 Å². The molecule has 2 rings (SSSR count). The first-order valence-electron chi connectivity index (χ1n) is 6.69. The maximum Gasteiger partial charge on any atom is 0.223 e. The largest absolute Gasteiger partial charge is 0.505 e. The van der Waals surface area contributed by atoms with E-state index < -0.39 is 35.3 Å². The van der Waals surface area contributed by atoms with Gasteiger partial charge < -0.3 is 15.7 Å². The van der Waals surface area contributed by atoms with Gasteiger partial charge in [-0.25, -0.2) is 8.78 Å². The molecular weight excluding hydrogens is 282 g/mol. The Balaban J connectivity index is 1.99. The number of hydrogen-bond acceptors (Lipinski definition) is 4. The molecule has 7 heteroatoms. The van der Waals surface area contributed by atoms with Crippen molar-refractivity contribution >= 4 is 11.7 Å². The summed E-state index contributed by atoms with van der Waals surface area (Å²) in [6.45, 7) is 0.948. The molecule has 5 nitrogen and oxygen atoms in total. The van der Waals surface area contributed by atoms with Gasteiger partial charge in [0, 0.05) is 5.92 Å². The van der Waals surface area contributed by atoms with Gasteiger partial charge in [-0.05, 0) is 38.1 Å². The highest BCUT2D eigenvalue weighted by molar-refractivity contribution is 6.00. The molecule has 0 saturated carbocycles. The number of hydrogen-bond donors (Lipinski definition) is 3. The molecule has 1 saturated heterocycles. The summed E-state index contributed by atoms with van der Waals surface area (Å²) in [5.41, 5.74) is -0.833. The lowest BCUT2D eigenvalue weighted by atomic mass is 9.97. The predicted molar refractivity (Wildman–Crippen MR) is 71.0 cm³/mol. The monoisotopic (exact) mass is 298 g/mol. The van der Waals surface area contributed by atoms with Crippen LogP contribution in [0.3, 0.4) is 0 Å². The summed E-state index contributed by atoms with van der Waals surface area (Å²) >= 11 is 0. The highest BCUT2D eigenvalue weighted by atomic mass is 19.1. The van der Waals surface area contributed by atoms with E-state index in [4.69, 9.17) is 5.11 Å². The van der Waals surface area contributed by atoms with E-state index in [-0.39, 0.29) is 11.8 Å². The van der Waals surface area contributed by atoms with E-state index >= 15 is 0 Å². The van der Waals surface area contributed by atoms with E-state index in [9.17, 15) is 18.4 Å². The second-order valence-corrected chi connectivity index (χ2v) is 4.92. The van der Waals surface area contributed by atoms with Crippen LogP contribution in [-0.4, -0.2) is 36.4 Å². The fraction of sp³-hybridized carbons (Fsp3) is 0.429. The van der Waals surface area contributed by atoms with E-state index in [0.717, 1.165) is 25.2 Å². The molecule has 0 radical (unpaired) electrons. The molecule has 1 heterocycles. The third kappa shape index (κ3) is 3.55. The van der Waals surface area contributed by atoms with Crippen LogP contribution in [0, 0.1) is 17.6 Å². The van der Waals surface area contributed by atoms with Crippen molar-refractivity contribution in [1.29, 1.82) is 0 Å². The Hall–Kier alpha value is -2.02. The smallest absolute Gasteiger partial charge is 0.223 e. The molecular formula is C14H16F2N2O3. The van der Waals surface area contributed by atoms with Crippen LogP contribution in [0.1, 0.15) is 23.2 Å². The fourth-order valence-electron chi connectivity index (χ4n) is 2.28. The standard InChI is InChI=1S/C14H16F2N2O3/c15-9-1-2-10(19)13(16)12(9)11(20)7-18-14(21)8-3-5-17-6-4-8/h1-2,8,17,19H,3-7H2,(H,18,21). The Morgan fingerprint density at radius 3 is 2.62 bits per heavy atom. The molecule has 3 N–H and O–H groups in total. The first-order chi connectivity index (χ1) is 10.0. The van der Waals surface area contributed by atoms with Gasteiger partial charge in [0.2, 0.25) is 5.91 Å². The summed E-state index contributed by atoms with van der Waals surface area (Å²) in [7, 11) is 0. The Labute approximate surface area is 120 Å². The van der Waals surface area contributed by atoms with Gasteiger partial charge in [0.05, 0.1) is 12.1 Å². The number of carbonyl (C=O) groups excluding carboxylic acids is 2. The van der Waals surface area contributed by atoms with E-state index in [1.165, 1.54) is 0 Å². The van der Waals surface area contributed by atoms with Gasteiger partial charge >= 0.3 is 0 Å². The van der Waals surface area contributed by atoms with Crippen LogP contribution in [0.5, 0.6) is 5.75 Å². The normalized spacial score (nSPS) is 15.7. The van der Waals surface area contributed by atoms with Crippen molar-refractivity contribution in [3.63, 3.8) is 0 Å². The van der Waals surface area contributed by atoms with E-state index in [2.05, 4.69) is 10.6 Å². The van der Waals surface area contributed by atoms with E-state index in [0.29, 0.717) is 12.8 Å². The third-order valence-electron chi connectivity index (χ3n) is 3.48. The van der Waals surface area contributed by atoms with Gasteiger partial charge in [-0.3, -0.25) is 9.59 Å². The SMILES string of the molecule is O=C(CNC(=O)C1CCNCC1)c1c(F)ccc(O)c1F. The van der Waals surface area contributed by atoms with Crippen LogP contribution in [0.25, 0.3) is 0 Å². The number of phenolic OH excluding ortho intramolecular Hbond substituents is 1. The highest BCUT2D eigenvalue weighted by Gasteiger charge is 2.24. The molecule has 1 aliphatic heterocycles. The zero-order valence-electron chi connectivity index (χ0n) is 11.3. The zero-order chi connectivity index (χ0) is 15.4. The van der Waals surface area contributed by atoms with Gasteiger partial charge in [-0.15, -0.1) is 0 Å². The maximum atomic E-state index is 13.6. The van der Waals surface area contributed by atoms with Crippen molar-refractivity contribution in [2.45, 2.75) is 12.8 Å². The number of aromatic hydroxyl groups is 1. The van der Waals surface area contributed by atoms with Crippen molar-refractivity contribution in [2.75, 3.05) is 19.6 Å². The summed E-state index contributed by atoms with van der Waals surface area (Å²) < 4.78 is 27.0. The molecule has 1 aromatic carbocycles. The van der Waals surface area contributed by atoms with Crippen molar-refractivity contribution in [1.82, 2.24) is 10.6 Å². The van der Waals surface area contributed by atoms with Crippen LogP contribution in [0.2, 0.25) is 0 Å². The quantitative estimate of drug-likeness (QED) is 0.724. The van der Waals surface area contributed by atoms with Crippen molar-refractivity contribution in [3.8, 4) is 5.75 Å². The van der Waals surface area contributed by atoms with Gasteiger partial charge in [0.1, 0.15) is 5.82 Å². The number of benzene rings is 1. The van der Waals surface area contributed by atoms with Crippen molar-refractivity contribution in [2.24, 2.45) is 5.92 Å². The molecule has 1 aromatic rings. The predicted octanol–water partition coefficient (Wildman–Crippen LogP) is 0.969. The van der Waals surface area contributed by atoms with Crippen LogP contribution in [0.15, 0.2) is 12.1 Å². The number of Topliss-reactive ketones (excluding diaryl/α,β-unsaturated/α-hetero) is 1. The highest BCUT2D eigenvalue weighted by Crippen LogP contribution is 2.22. The number of piperidine rings is 1. The molecule has 1 amide bonds. The van der Waals surface area contributed by atoms with Crippen LogP contribution in [0.4, 0.5) is 8.78 Å². The van der Waals surface area contributed by atoms with Crippen LogP contribution in [-0.2, 0) is 4.79 Å². The first kappa shape index (κ1) is 15.4. The molecule has 1 aliphatic rings. The number of carbonyl (C=O) groups is 2. The van der Waals surface area contributed by atoms with E-state index in [1.807, 2.05) is 0 Å². The molecule has 0 unspecified atom stereocenters. The second kappa shape index (κ2) is 6.62. The lowest BCUT2D eigenvalue weighted by Gasteiger charge is -2.21. The third-order valence-corrected chi connectivity index (χ3v) is 3.48. The molecule has 0 aromatic heterocycles. The minimum atomic E-state index is -1.31. The Bertz CT molecular complexity index is 557. The van der Waals surface area contributed by atoms with Crippen molar-refractivity contribution in [3.05, 3.63) is 29.3 Å². The number of ketones is 1. The summed E-state index contributed by atoms with van der Waals surface area (Å²) in [6.07, 6.45) is 1.32. The number of phenols is 1. The van der Waals surface area contributed by atoms with Gasteiger partial charge in [0.15, 0.2) is 17.3 Å². The Morgan fingerprint density at radius 2 is 1.95 bits per heavy atom. The number of halogens is 2. The Morgan fingerprint density at radius 1 is 1.29 bits per heavy atom. The topological polar surface area (TPSA) is 78.4 Å². The van der Waals surface area contributed by atoms with Crippen molar-refractivity contribution < 1.29 is 23.5 Å². The molecule has 114 valence electrons. The maximum absolute atomic E-state index is 13.6. The minimum Gasteiger partial charge on any atom is -0.505 e. The average Bonchev–Trinajstić information content (AvgIpc) is 2.50. The minimum absolute atomic E-state index is 0.196. The van der Waals surface area contributed by atoms with Crippen LogP contribution < -0.4 is 10.6 Å². The molecule has 0 aliphatic carbocycles. The van der Waals surface area contributed by atoms with Gasteiger partial charge in [0.25, 0.3) is 0 Å². The Kier molecular flexibility index (Phi) is 4.85. The number of rotatable bonds is 4. The molecule has 1 fully saturated rings. The lowest BCUT2D eigenvalue weighted by Crippen LogP contribution is -2.40. The fourth-order valence-corrected chi connectivity index (χ4v) is 2.28. The molecule has 21 heavy (non-hydrogen) atoms. The second-order valence-electron chi connectivity index (χ2n) is 4.92. The lowest BCUT2D eigenvalue weighted by molar-refractivity contribution is -0.125. The van der Waals surface area contributed by atoms with Gasteiger partial charge in [-0.1, -0.05) is 0 Å². The summed E-state index contributed by atoms with van der Waals surface area (Å²) in [5, 5.41) is 14.7. The summed E-state index contributed by atoms with van der Waals surface area (Å²) in [6, 6.07) is 1.63. The number of nitrogens with one attached hydrogen (secondary N) is 2. The zero-order valence-corrected chi connectivity index (χ0v) is 11.3. The van der Waals surface area contributed by atoms with Crippen LogP contribution >= 0.6 is 0 Å². The summed E-state index contributed by atoms with van der Waals surface area (Å²) in [4.78, 5) is 23.7. The molecule has 0 atom stereocenters.